The Morgan fingerprint density at radius 1 is 1.00 bits per heavy atom. The zero-order valence-electron chi connectivity index (χ0n) is 18.3. The van der Waals surface area contributed by atoms with E-state index < -0.39 is 16.0 Å². The first-order valence-electron chi connectivity index (χ1n) is 10.7. The zero-order valence-corrected chi connectivity index (χ0v) is 19.1. The van der Waals surface area contributed by atoms with Crippen molar-refractivity contribution in [2.45, 2.75) is 44.6 Å². The summed E-state index contributed by atoms with van der Waals surface area (Å²) in [6.07, 6.45) is 2.69. The van der Waals surface area contributed by atoms with E-state index in [9.17, 15) is 13.2 Å². The second kappa shape index (κ2) is 9.26. The monoisotopic (exact) mass is 453 g/mol. The van der Waals surface area contributed by atoms with Crippen LogP contribution < -0.4 is 0 Å². The molecule has 1 aromatic heterocycles. The molecule has 0 bridgehead atoms. The van der Waals surface area contributed by atoms with Crippen LogP contribution in [-0.2, 0) is 21.4 Å². The van der Waals surface area contributed by atoms with Crippen molar-refractivity contribution in [3.63, 3.8) is 0 Å². The number of sulfonamides is 1. The smallest absolute Gasteiger partial charge is 0.339 e. The number of rotatable bonds is 6. The summed E-state index contributed by atoms with van der Waals surface area (Å²) in [4.78, 5) is 12.8. The lowest BCUT2D eigenvalue weighted by molar-refractivity contribution is 0.0468. The average Bonchev–Trinajstić information content (AvgIpc) is 3.16. The molecule has 1 saturated heterocycles. The molecule has 2 aromatic carbocycles. The molecule has 1 aliphatic heterocycles. The number of carbonyl (C=O) groups excluding carboxylic acids is 1. The molecule has 0 saturated carbocycles. The Bertz CT molecular complexity index is 1210. The van der Waals surface area contributed by atoms with Crippen LogP contribution in [0.2, 0.25) is 0 Å². The summed E-state index contributed by atoms with van der Waals surface area (Å²) in [5.41, 5.74) is 3.77. The maximum Gasteiger partial charge on any atom is 0.339 e. The lowest BCUT2D eigenvalue weighted by Gasteiger charge is -2.26. The van der Waals surface area contributed by atoms with Gasteiger partial charge in [-0.15, -0.1) is 0 Å². The summed E-state index contributed by atoms with van der Waals surface area (Å²) in [5, 5.41) is 4.47. The highest BCUT2D eigenvalue weighted by atomic mass is 32.2. The van der Waals surface area contributed by atoms with E-state index in [1.165, 1.54) is 16.4 Å². The molecular weight excluding hydrogens is 426 g/mol. The van der Waals surface area contributed by atoms with Crippen LogP contribution in [0.15, 0.2) is 59.5 Å². The molecule has 1 aliphatic rings. The Morgan fingerprint density at radius 3 is 2.34 bits per heavy atom. The van der Waals surface area contributed by atoms with Gasteiger partial charge in [0.2, 0.25) is 10.0 Å². The second-order valence-corrected chi connectivity index (χ2v) is 9.95. The van der Waals surface area contributed by atoms with Gasteiger partial charge in [0, 0.05) is 18.8 Å². The van der Waals surface area contributed by atoms with Crippen LogP contribution in [0.25, 0.3) is 5.69 Å². The van der Waals surface area contributed by atoms with Gasteiger partial charge in [0.15, 0.2) is 0 Å². The van der Waals surface area contributed by atoms with Gasteiger partial charge in [0.1, 0.15) is 6.61 Å². The molecule has 0 unspecified atom stereocenters. The Kier molecular flexibility index (Phi) is 6.43. The lowest BCUT2D eigenvalue weighted by Crippen LogP contribution is -2.36. The summed E-state index contributed by atoms with van der Waals surface area (Å²) in [7, 11) is -3.74. The fourth-order valence-corrected chi connectivity index (χ4v) is 5.65. The summed E-state index contributed by atoms with van der Waals surface area (Å²) >= 11 is 0. The molecule has 7 nitrogen and oxygen atoms in total. The molecule has 8 heteroatoms. The molecular formula is C24H27N3O4S. The van der Waals surface area contributed by atoms with Gasteiger partial charge in [0.05, 0.1) is 21.8 Å². The molecule has 168 valence electrons. The highest BCUT2D eigenvalue weighted by Crippen LogP contribution is 2.24. The highest BCUT2D eigenvalue weighted by molar-refractivity contribution is 7.89. The minimum absolute atomic E-state index is 0.00627. The number of aromatic nitrogens is 2. The van der Waals surface area contributed by atoms with Gasteiger partial charge in [0.25, 0.3) is 0 Å². The van der Waals surface area contributed by atoms with Crippen LogP contribution in [0.3, 0.4) is 0 Å². The first-order valence-corrected chi connectivity index (χ1v) is 12.2. The standard InChI is InChI=1S/C24H27N3O4S/c1-18-16-19(2)27(25-18)21-12-10-20(11-13-21)17-31-24(28)22-8-4-5-9-23(22)32(29,30)26-14-6-3-7-15-26/h4-5,8-13,16H,3,6-7,14-15,17H2,1-2H3. The summed E-state index contributed by atoms with van der Waals surface area (Å²) in [5.74, 6) is -0.649. The van der Waals surface area contributed by atoms with E-state index in [-0.39, 0.29) is 17.1 Å². The van der Waals surface area contributed by atoms with E-state index >= 15 is 0 Å². The molecule has 32 heavy (non-hydrogen) atoms. The van der Waals surface area contributed by atoms with Crippen molar-refractivity contribution in [1.29, 1.82) is 0 Å². The minimum atomic E-state index is -3.74. The fourth-order valence-electron chi connectivity index (χ4n) is 3.95. The quantitative estimate of drug-likeness (QED) is 0.527. The molecule has 0 aliphatic carbocycles. The van der Waals surface area contributed by atoms with Crippen LogP contribution in [0, 0.1) is 13.8 Å². The van der Waals surface area contributed by atoms with Crippen molar-refractivity contribution < 1.29 is 17.9 Å². The second-order valence-electron chi connectivity index (χ2n) is 8.04. The third-order valence-electron chi connectivity index (χ3n) is 5.60. The predicted octanol–water partition coefficient (Wildman–Crippen LogP) is 4.02. The minimum Gasteiger partial charge on any atom is -0.457 e. The molecule has 0 amide bonds. The number of aryl methyl sites for hydroxylation is 2. The van der Waals surface area contributed by atoms with Crippen LogP contribution in [0.4, 0.5) is 0 Å². The topological polar surface area (TPSA) is 81.5 Å². The average molecular weight is 454 g/mol. The van der Waals surface area contributed by atoms with Crippen molar-refractivity contribution in [2.75, 3.05) is 13.1 Å². The maximum atomic E-state index is 13.1. The van der Waals surface area contributed by atoms with Crippen molar-refractivity contribution >= 4 is 16.0 Å². The van der Waals surface area contributed by atoms with E-state index in [2.05, 4.69) is 5.10 Å². The number of esters is 1. The van der Waals surface area contributed by atoms with Gasteiger partial charge < -0.3 is 4.74 Å². The van der Waals surface area contributed by atoms with Crippen LogP contribution in [0.1, 0.15) is 46.6 Å². The lowest BCUT2D eigenvalue weighted by atomic mass is 10.2. The van der Waals surface area contributed by atoms with Crippen molar-refractivity contribution in [2.24, 2.45) is 0 Å². The normalized spacial score (nSPS) is 14.9. The van der Waals surface area contributed by atoms with E-state index in [1.807, 2.05) is 48.9 Å². The van der Waals surface area contributed by atoms with Crippen molar-refractivity contribution in [1.82, 2.24) is 14.1 Å². The third-order valence-corrected chi connectivity index (χ3v) is 7.56. The van der Waals surface area contributed by atoms with E-state index in [1.54, 1.807) is 12.1 Å². The van der Waals surface area contributed by atoms with E-state index in [4.69, 9.17) is 4.74 Å². The Balaban J connectivity index is 1.47. The molecule has 0 atom stereocenters. The zero-order chi connectivity index (χ0) is 22.7. The highest BCUT2D eigenvalue weighted by Gasteiger charge is 2.30. The van der Waals surface area contributed by atoms with E-state index in [0.717, 1.165) is 41.9 Å². The fraction of sp³-hybridized carbons (Fsp3) is 0.333. The predicted molar refractivity (Wildman–Crippen MR) is 121 cm³/mol. The molecule has 0 radical (unpaired) electrons. The first-order chi connectivity index (χ1) is 15.4. The molecule has 4 rings (SSSR count). The molecule has 1 fully saturated rings. The van der Waals surface area contributed by atoms with Gasteiger partial charge in [-0.1, -0.05) is 30.7 Å². The van der Waals surface area contributed by atoms with Crippen LogP contribution >= 0.6 is 0 Å². The van der Waals surface area contributed by atoms with Gasteiger partial charge >= 0.3 is 5.97 Å². The number of carbonyl (C=O) groups is 1. The van der Waals surface area contributed by atoms with Crippen molar-refractivity contribution in [3.8, 4) is 5.69 Å². The number of ether oxygens (including phenoxy) is 1. The SMILES string of the molecule is Cc1cc(C)n(-c2ccc(COC(=O)c3ccccc3S(=O)(=O)N3CCCCC3)cc2)n1. The summed E-state index contributed by atoms with van der Waals surface area (Å²) < 4.78 is 35.0. The number of hydrogen-bond acceptors (Lipinski definition) is 5. The summed E-state index contributed by atoms with van der Waals surface area (Å²) in [6.45, 7) is 4.95. The maximum absolute atomic E-state index is 13.1. The largest absolute Gasteiger partial charge is 0.457 e. The van der Waals surface area contributed by atoms with Gasteiger partial charge in [-0.05, 0) is 62.6 Å². The summed E-state index contributed by atoms with van der Waals surface area (Å²) in [6, 6.07) is 15.8. The Labute approximate surface area is 188 Å². The molecule has 2 heterocycles. The van der Waals surface area contributed by atoms with Gasteiger partial charge in [-0.25, -0.2) is 17.9 Å². The van der Waals surface area contributed by atoms with Gasteiger partial charge in [-0.3, -0.25) is 0 Å². The molecule has 0 spiro atoms. The Hall–Kier alpha value is -2.97. The number of piperidine rings is 1. The Morgan fingerprint density at radius 2 is 1.69 bits per heavy atom. The van der Waals surface area contributed by atoms with Crippen LogP contribution in [-0.4, -0.2) is 41.6 Å². The first kappa shape index (κ1) is 22.2. The number of hydrogen-bond donors (Lipinski definition) is 0. The molecule has 0 N–H and O–H groups in total. The number of nitrogens with zero attached hydrogens (tertiary/aromatic N) is 3. The van der Waals surface area contributed by atoms with E-state index in [0.29, 0.717) is 13.1 Å². The van der Waals surface area contributed by atoms with Crippen molar-refractivity contribution in [3.05, 3.63) is 77.1 Å². The number of benzene rings is 2. The molecule has 3 aromatic rings. The van der Waals surface area contributed by atoms with Gasteiger partial charge in [-0.2, -0.15) is 9.40 Å². The van der Waals surface area contributed by atoms with Crippen LogP contribution in [0.5, 0.6) is 0 Å². The third kappa shape index (κ3) is 4.61.